The van der Waals surface area contributed by atoms with Gasteiger partial charge < -0.3 is 34.6 Å². The van der Waals surface area contributed by atoms with Gasteiger partial charge in [0.05, 0.1) is 11.4 Å². The number of likely N-dealkylation sites (tertiary alicyclic amines) is 1. The number of pyridine rings is 2. The largest absolute Gasteiger partial charge is 0.445 e. The first-order valence-electron chi connectivity index (χ1n) is 27.0. The van der Waals surface area contributed by atoms with E-state index in [1.807, 2.05) is 88.8 Å². The number of H-pyrrole nitrogens is 1. The third-order valence-electron chi connectivity index (χ3n) is 14.4. The number of aromatic amines is 1. The van der Waals surface area contributed by atoms with E-state index >= 15 is 0 Å². The summed E-state index contributed by atoms with van der Waals surface area (Å²) in [5.74, 6) is 2.05. The quantitative estimate of drug-likeness (QED) is 0.0643. The molecule has 1 aromatic carbocycles. The molecule has 2 aliphatic rings. The average molecular weight is 1100 g/mol. The normalized spacial score (nSPS) is 17.7. The van der Waals surface area contributed by atoms with Gasteiger partial charge in [0.15, 0.2) is 10.0 Å². The van der Waals surface area contributed by atoms with Crippen LogP contribution < -0.4 is 10.6 Å². The third-order valence-corrected chi connectivity index (χ3v) is 17.9. The zero-order valence-electron chi connectivity index (χ0n) is 46.0. The number of hydrogen-bond donors (Lipinski definition) is 3. The van der Waals surface area contributed by atoms with Crippen LogP contribution in [0.4, 0.5) is 16.7 Å². The molecule has 0 bridgehead atoms. The monoisotopic (exact) mass is 1100 g/mol. The van der Waals surface area contributed by atoms with Crippen molar-refractivity contribution in [3.05, 3.63) is 106 Å². The van der Waals surface area contributed by atoms with Crippen LogP contribution in [0.5, 0.6) is 0 Å². The van der Waals surface area contributed by atoms with Crippen LogP contribution in [0, 0.1) is 33.6 Å². The van der Waals surface area contributed by atoms with E-state index in [2.05, 4.69) is 102 Å². The molecule has 1 saturated heterocycles. The molecule has 8 aromatic heterocycles. The lowest BCUT2D eigenvalue weighted by molar-refractivity contribution is 0.0695. The van der Waals surface area contributed by atoms with Gasteiger partial charge in [-0.15, -0.1) is 20.4 Å². The van der Waals surface area contributed by atoms with Crippen LogP contribution in [0.3, 0.4) is 0 Å². The summed E-state index contributed by atoms with van der Waals surface area (Å²) in [5, 5.41) is 29.3. The Labute approximate surface area is 464 Å². The minimum Gasteiger partial charge on any atom is -0.445 e. The van der Waals surface area contributed by atoms with E-state index in [9.17, 15) is 4.79 Å². The van der Waals surface area contributed by atoms with Gasteiger partial charge in [-0.2, -0.15) is 0 Å². The highest BCUT2D eigenvalue weighted by molar-refractivity contribution is 7.14. The maximum atomic E-state index is 13.1. The third kappa shape index (κ3) is 13.1. The summed E-state index contributed by atoms with van der Waals surface area (Å²) < 4.78 is 13.9. The molecule has 2 fully saturated rings. The second kappa shape index (κ2) is 23.9. The summed E-state index contributed by atoms with van der Waals surface area (Å²) in [6, 6.07) is 19.5. The van der Waals surface area contributed by atoms with Crippen molar-refractivity contribution in [1.82, 2.24) is 64.7 Å². The van der Waals surface area contributed by atoms with Crippen molar-refractivity contribution in [3.8, 4) is 43.9 Å². The first-order valence-corrected chi connectivity index (χ1v) is 32.3. The molecule has 21 heteroatoms. The summed E-state index contributed by atoms with van der Waals surface area (Å²) in [6.07, 6.45) is 14.1. The van der Waals surface area contributed by atoms with Crippen LogP contribution >= 0.6 is 22.7 Å². The van der Waals surface area contributed by atoms with Gasteiger partial charge in [-0.3, -0.25) is 0 Å². The van der Waals surface area contributed by atoms with Crippen molar-refractivity contribution in [2.75, 3.05) is 23.8 Å². The Bertz CT molecular complexity index is 3510. The average Bonchev–Trinajstić information content (AvgIpc) is 4.46. The number of piperidine rings is 1. The van der Waals surface area contributed by atoms with Crippen molar-refractivity contribution < 1.29 is 14.3 Å². The topological polar surface area (TPSA) is 212 Å². The highest BCUT2D eigenvalue weighted by Gasteiger charge is 2.31. The maximum absolute atomic E-state index is 13.1. The first kappa shape index (κ1) is 54.3. The van der Waals surface area contributed by atoms with Gasteiger partial charge in [0.1, 0.15) is 46.0 Å². The molecule has 0 spiro atoms. The fourth-order valence-electron chi connectivity index (χ4n) is 9.85. The summed E-state index contributed by atoms with van der Waals surface area (Å²) in [6.45, 7) is 21.3. The van der Waals surface area contributed by atoms with E-state index in [4.69, 9.17) is 29.4 Å². The Balaban J connectivity index is 0.000000196. The SMILES string of the molecule is Cc1nnc(-c2ccc3c(-c4nc(NC5CCC(C)CC5)ncc4C)c[nH]c3n2)s1.Cc1nnc(-c2ccc3c(-c4nc(N[C@@H]5CC[C@@H](C)N(C(=O)OCc6ccccc6)C5)ncc4C)cn(COCC[Si](C)(C)C)c3n2)s1. The van der Waals surface area contributed by atoms with Gasteiger partial charge >= 0.3 is 6.09 Å². The fraction of sp³-hybridized carbons (Fsp3) is 0.421. The van der Waals surface area contributed by atoms with E-state index in [0.717, 1.165) is 117 Å². The van der Waals surface area contributed by atoms with Gasteiger partial charge in [0.25, 0.3) is 0 Å². The lowest BCUT2D eigenvalue weighted by Crippen LogP contribution is -2.50. The fourth-order valence-corrected chi connectivity index (χ4v) is 11.9. The molecule has 18 nitrogen and oxygen atoms in total. The molecule has 1 aliphatic heterocycles. The number of ether oxygens (including phenoxy) is 2. The van der Waals surface area contributed by atoms with Crippen LogP contribution in [-0.2, 0) is 22.8 Å². The van der Waals surface area contributed by atoms with E-state index < -0.39 is 8.07 Å². The Hall–Kier alpha value is -7.07. The summed E-state index contributed by atoms with van der Waals surface area (Å²) in [7, 11) is -1.23. The number of amides is 1. The molecule has 1 amide bonds. The Kier molecular flexibility index (Phi) is 16.6. The molecule has 3 N–H and O–H groups in total. The van der Waals surface area contributed by atoms with Gasteiger partial charge in [0.2, 0.25) is 11.9 Å². The maximum Gasteiger partial charge on any atom is 0.410 e. The zero-order valence-corrected chi connectivity index (χ0v) is 48.6. The second-order valence-corrected chi connectivity index (χ2v) is 30.0. The molecule has 2 atom stereocenters. The molecule has 9 heterocycles. The van der Waals surface area contributed by atoms with Gasteiger partial charge in [0, 0.05) is 86.0 Å². The number of aryl methyl sites for hydroxylation is 4. The highest BCUT2D eigenvalue weighted by Crippen LogP contribution is 2.36. The summed E-state index contributed by atoms with van der Waals surface area (Å²) >= 11 is 3.07. The number of hydrogen-bond acceptors (Lipinski definition) is 17. The van der Waals surface area contributed by atoms with E-state index in [1.165, 1.54) is 37.0 Å². The number of fused-ring (bicyclic) bond motifs is 2. The molecule has 1 saturated carbocycles. The number of benzene rings is 1. The smallest absolute Gasteiger partial charge is 0.410 e. The lowest BCUT2D eigenvalue weighted by atomic mass is 9.87. The molecule has 406 valence electrons. The van der Waals surface area contributed by atoms with Crippen molar-refractivity contribution in [2.45, 2.75) is 137 Å². The molecular formula is C57H69N15O3S2Si. The number of aromatic nitrogens is 12. The van der Waals surface area contributed by atoms with E-state index in [0.29, 0.717) is 37.8 Å². The molecular weight excluding hydrogens is 1030 g/mol. The number of nitrogens with one attached hydrogen (secondary N) is 3. The number of carbonyl (C=O) groups excluding carboxylic acids is 1. The van der Waals surface area contributed by atoms with Crippen LogP contribution in [0.25, 0.3) is 66.0 Å². The molecule has 0 unspecified atom stereocenters. The van der Waals surface area contributed by atoms with Crippen molar-refractivity contribution >= 4 is 70.8 Å². The summed E-state index contributed by atoms with van der Waals surface area (Å²) in [4.78, 5) is 47.0. The van der Waals surface area contributed by atoms with Crippen molar-refractivity contribution in [3.63, 3.8) is 0 Å². The minimum absolute atomic E-state index is 0.0123. The van der Waals surface area contributed by atoms with Gasteiger partial charge in [-0.1, -0.05) is 79.6 Å². The van der Waals surface area contributed by atoms with Crippen LogP contribution in [0.1, 0.15) is 79.1 Å². The summed E-state index contributed by atoms with van der Waals surface area (Å²) in [5.41, 5.74) is 9.95. The van der Waals surface area contributed by atoms with Gasteiger partial charge in [-0.25, -0.2) is 34.7 Å². The molecule has 11 rings (SSSR count). The van der Waals surface area contributed by atoms with E-state index in [-0.39, 0.29) is 24.8 Å². The van der Waals surface area contributed by atoms with Crippen molar-refractivity contribution in [2.24, 2.45) is 5.92 Å². The Morgan fingerprint density at radius 2 is 1.33 bits per heavy atom. The van der Waals surface area contributed by atoms with Crippen LogP contribution in [0.2, 0.25) is 25.7 Å². The zero-order chi connectivity index (χ0) is 54.5. The molecule has 1 aliphatic carbocycles. The highest BCUT2D eigenvalue weighted by atomic mass is 32.1. The van der Waals surface area contributed by atoms with Crippen molar-refractivity contribution in [1.29, 1.82) is 0 Å². The molecule has 78 heavy (non-hydrogen) atoms. The first-order chi connectivity index (χ1) is 37.6. The number of nitrogens with zero attached hydrogens (tertiary/aromatic N) is 12. The van der Waals surface area contributed by atoms with E-state index in [1.54, 1.807) is 16.2 Å². The van der Waals surface area contributed by atoms with Gasteiger partial charge in [-0.05, 0) is 126 Å². The predicted molar refractivity (Wildman–Crippen MR) is 313 cm³/mol. The van der Waals surface area contributed by atoms with Crippen LogP contribution in [-0.4, -0.2) is 110 Å². The predicted octanol–water partition coefficient (Wildman–Crippen LogP) is 12.7. The Morgan fingerprint density at radius 1 is 0.718 bits per heavy atom. The Morgan fingerprint density at radius 3 is 1.97 bits per heavy atom. The molecule has 9 aromatic rings. The minimum atomic E-state index is -1.23. The number of rotatable bonds is 15. The number of carbonyl (C=O) groups is 1. The number of anilines is 2. The molecule has 0 radical (unpaired) electrons. The lowest BCUT2D eigenvalue weighted by Gasteiger charge is -2.37. The standard InChI is InChI=1S/C35H44N8O3SSi.C22H25N7S/c1-23-18-36-34(37-27-13-12-24(2)43(19-27)35(44)46-21-26-10-8-7-9-11-26)39-31(23)29-20-42(22-45-16-17-48(4,5)6)32-28(29)14-15-30(38-32)33-41-40-25(3)47-33;1-12-4-6-15(7-5-12)25-22-24-10-13(2)19(27-22)17-11-23-20-16(17)8-9-18(26-20)21-29-28-14(3)30-21/h7-11,14-15,18,20,24,27H,12-13,16-17,19,21-22H2,1-6H3,(H,36,37,39);8-12,15H,4-7H2,1-3H3,(H,23,26)(H,24,25,27)/t24-,27-;/m1./s1. The van der Waals surface area contributed by atoms with Crippen LogP contribution in [0.15, 0.2) is 79.4 Å². The second-order valence-electron chi connectivity index (χ2n) is 22.0.